The van der Waals surface area contributed by atoms with E-state index in [1.54, 1.807) is 26.4 Å². The molecule has 59 heavy (non-hydrogen) atoms. The molecule has 3 saturated heterocycles. The molecule has 0 bridgehead atoms. The fourth-order valence-electron chi connectivity index (χ4n) is 6.85. The number of carboxylic acid groups (broad SMARTS) is 1. The lowest BCUT2D eigenvalue weighted by molar-refractivity contribution is -0.192. The summed E-state index contributed by atoms with van der Waals surface area (Å²) in [7, 11) is 1.41. The van der Waals surface area contributed by atoms with E-state index in [0.29, 0.717) is 53.8 Å². The first kappa shape index (κ1) is 42.9. The number of aliphatic carboxylic acids is 1. The van der Waals surface area contributed by atoms with Crippen molar-refractivity contribution in [3.63, 3.8) is 0 Å². The van der Waals surface area contributed by atoms with E-state index in [0.717, 1.165) is 67.6 Å². The Balaban J connectivity index is 0.000000175. The van der Waals surface area contributed by atoms with E-state index in [1.807, 2.05) is 13.8 Å². The van der Waals surface area contributed by atoms with Crippen molar-refractivity contribution in [3.05, 3.63) is 71.2 Å². The molecular weight excluding hydrogens is 813 g/mol. The number of likely N-dealkylation sites (tertiary alicyclic amines) is 2. The molecule has 3 fully saturated rings. The van der Waals surface area contributed by atoms with Gasteiger partial charge in [0.1, 0.15) is 11.6 Å². The number of hydrogen-bond donors (Lipinski definition) is 2. The van der Waals surface area contributed by atoms with Crippen molar-refractivity contribution in [2.45, 2.75) is 57.2 Å². The van der Waals surface area contributed by atoms with Crippen LogP contribution in [0.3, 0.4) is 0 Å². The summed E-state index contributed by atoms with van der Waals surface area (Å²) in [6, 6.07) is 9.56. The number of carboxylic acids is 1. The monoisotopic (exact) mass is 851 g/mol. The highest BCUT2D eigenvalue weighted by Crippen LogP contribution is 2.32. The van der Waals surface area contributed by atoms with Crippen LogP contribution in [0.15, 0.2) is 45.4 Å². The largest absolute Gasteiger partial charge is 0.490 e. The van der Waals surface area contributed by atoms with Crippen LogP contribution in [-0.4, -0.2) is 125 Å². The highest BCUT2D eigenvalue weighted by molar-refractivity contribution is 5.85. The first-order chi connectivity index (χ1) is 27.8. The number of aromatic nitrogens is 8. The minimum atomic E-state index is -5.08. The van der Waals surface area contributed by atoms with E-state index >= 15 is 0 Å². The fraction of sp³-hybridized carbons (Fsp3) is 0.444. The summed E-state index contributed by atoms with van der Waals surface area (Å²) in [5.41, 5.74) is 3.04. The molecule has 1 unspecified atom stereocenters. The first-order valence-corrected chi connectivity index (χ1v) is 18.4. The zero-order valence-electron chi connectivity index (χ0n) is 31.8. The smallest absolute Gasteiger partial charge is 0.475 e. The number of ether oxygens (including phenoxy) is 1. The third kappa shape index (κ3) is 8.98. The molecule has 2 N–H and O–H groups in total. The number of nitrogens with one attached hydrogen (secondary N) is 1. The number of amides is 1. The van der Waals surface area contributed by atoms with Crippen molar-refractivity contribution in [1.82, 2.24) is 55.0 Å². The maximum absolute atomic E-state index is 13.8. The zero-order valence-corrected chi connectivity index (χ0v) is 32.6. The lowest BCUT2D eigenvalue weighted by Crippen LogP contribution is -2.51. The lowest BCUT2D eigenvalue weighted by atomic mass is 9.97. The van der Waals surface area contributed by atoms with Crippen LogP contribution in [0.1, 0.15) is 55.3 Å². The third-order valence-electron chi connectivity index (χ3n) is 10.1. The Labute approximate surface area is 337 Å². The molecular formula is C36H39ClF5N11O6. The van der Waals surface area contributed by atoms with E-state index in [-0.39, 0.29) is 42.0 Å². The molecule has 9 rings (SSSR count). The van der Waals surface area contributed by atoms with Gasteiger partial charge in [-0.15, -0.1) is 12.4 Å². The number of hydrogen-bond acceptors (Lipinski definition) is 13. The van der Waals surface area contributed by atoms with Crippen molar-refractivity contribution in [2.75, 3.05) is 46.4 Å². The molecule has 17 nitrogen and oxygen atoms in total. The van der Waals surface area contributed by atoms with E-state index in [2.05, 4.69) is 40.7 Å². The summed E-state index contributed by atoms with van der Waals surface area (Å²) >= 11 is 0. The maximum atomic E-state index is 13.8. The van der Waals surface area contributed by atoms with Gasteiger partial charge in [0, 0.05) is 68.2 Å². The van der Waals surface area contributed by atoms with E-state index < -0.39 is 12.1 Å². The fourth-order valence-corrected chi connectivity index (χ4v) is 6.85. The van der Waals surface area contributed by atoms with Gasteiger partial charge in [-0.05, 0) is 53.8 Å². The molecule has 0 aliphatic carbocycles. The number of nitrogens with zero attached hydrogens (tertiary/aromatic N) is 10. The van der Waals surface area contributed by atoms with Gasteiger partial charge in [0.15, 0.2) is 0 Å². The second kappa shape index (κ2) is 17.6. The van der Waals surface area contributed by atoms with Gasteiger partial charge in [0.25, 0.3) is 11.9 Å². The maximum Gasteiger partial charge on any atom is 0.490 e. The van der Waals surface area contributed by atoms with Crippen LogP contribution >= 0.6 is 12.4 Å². The van der Waals surface area contributed by atoms with Crippen LogP contribution in [-0.2, 0) is 22.4 Å². The predicted octanol–water partition coefficient (Wildman–Crippen LogP) is 5.20. The molecule has 1 atom stereocenters. The molecule has 7 heterocycles. The quantitative estimate of drug-likeness (QED) is 0.199. The third-order valence-corrected chi connectivity index (χ3v) is 10.1. The minimum Gasteiger partial charge on any atom is -0.475 e. The Morgan fingerprint density at radius 3 is 1.76 bits per heavy atom. The van der Waals surface area contributed by atoms with Crippen LogP contribution in [0.4, 0.5) is 26.7 Å². The standard InChI is InChI=1S/C20H23FN6O3.C14H14FN5O.C2HF3O2.ClH/c1-3-16-15-5-4-13(21)8-17(15)27(23-16)19-22-18(30-24-19)12-9-26(10-12)14-6-7-25(11-14)20(28)29-2;1-2-11-10-4-3-9(15)5-12(10)20(18-11)14-17-13(21-19-14)8-6-16-7-8;3-2(4,5)1(6)7;/h4-5,8,12,14H,3,6-7,9-11H2,1-2H3;3-5,8,16H,2,6-7H2,1H3;(H,6,7);1H. The van der Waals surface area contributed by atoms with Crippen molar-refractivity contribution in [3.8, 4) is 11.9 Å². The second-order valence-electron chi connectivity index (χ2n) is 13.8. The second-order valence-corrected chi connectivity index (χ2v) is 13.8. The van der Waals surface area contributed by atoms with E-state index in [9.17, 15) is 26.7 Å². The van der Waals surface area contributed by atoms with E-state index in [4.69, 9.17) is 23.7 Å². The molecule has 3 aliphatic rings. The Morgan fingerprint density at radius 1 is 0.847 bits per heavy atom. The number of rotatable bonds is 7. The molecule has 3 aliphatic heterocycles. The summed E-state index contributed by atoms with van der Waals surface area (Å²) in [5, 5.41) is 29.2. The van der Waals surface area contributed by atoms with Gasteiger partial charge in [-0.1, -0.05) is 13.8 Å². The molecule has 0 spiro atoms. The van der Waals surface area contributed by atoms with Crippen LogP contribution in [0.5, 0.6) is 0 Å². The molecule has 4 aromatic heterocycles. The molecule has 1 amide bonds. The van der Waals surface area contributed by atoms with Gasteiger partial charge in [-0.2, -0.15) is 42.7 Å². The van der Waals surface area contributed by atoms with Crippen molar-refractivity contribution >= 4 is 46.3 Å². The zero-order chi connectivity index (χ0) is 41.3. The molecule has 0 saturated carbocycles. The van der Waals surface area contributed by atoms with Crippen LogP contribution in [0, 0.1) is 11.6 Å². The Bertz CT molecular complexity index is 2420. The number of methoxy groups -OCH3 is 1. The average molecular weight is 852 g/mol. The lowest BCUT2D eigenvalue weighted by Gasteiger charge is -2.41. The molecule has 2 aromatic carbocycles. The van der Waals surface area contributed by atoms with Crippen LogP contribution < -0.4 is 5.32 Å². The number of fused-ring (bicyclic) bond motifs is 2. The Morgan fingerprint density at radius 2 is 1.34 bits per heavy atom. The average Bonchev–Trinajstić information content (AvgIpc) is 4.00. The number of benzene rings is 2. The topological polar surface area (TPSA) is 196 Å². The number of halogens is 6. The molecule has 316 valence electrons. The van der Waals surface area contributed by atoms with Crippen LogP contribution in [0.2, 0.25) is 0 Å². The highest BCUT2D eigenvalue weighted by Gasteiger charge is 2.41. The molecule has 0 radical (unpaired) electrons. The summed E-state index contributed by atoms with van der Waals surface area (Å²) in [4.78, 5) is 33.5. The first-order valence-electron chi connectivity index (χ1n) is 18.4. The summed E-state index contributed by atoms with van der Waals surface area (Å²) in [6.45, 7) is 8.70. The predicted molar refractivity (Wildman–Crippen MR) is 200 cm³/mol. The Kier molecular flexibility index (Phi) is 12.8. The SMILES string of the molecule is CCc1nn(-c2noc(C3CN(C4CCN(C(=O)OC)C4)C3)n2)c2cc(F)ccc12.CCc1nn(-c2noc(C3CNC3)n2)c2cc(F)ccc12.Cl.O=C(O)C(F)(F)F. The molecule has 23 heteroatoms. The van der Waals surface area contributed by atoms with Crippen molar-refractivity contribution in [1.29, 1.82) is 0 Å². The summed E-state index contributed by atoms with van der Waals surface area (Å²) in [5.74, 6) is -1.17. The van der Waals surface area contributed by atoms with Gasteiger partial charge in [-0.3, -0.25) is 4.90 Å². The van der Waals surface area contributed by atoms with Gasteiger partial charge in [0.05, 0.1) is 41.4 Å². The highest BCUT2D eigenvalue weighted by atomic mass is 35.5. The van der Waals surface area contributed by atoms with Crippen molar-refractivity contribution in [2.24, 2.45) is 0 Å². The number of carbonyl (C=O) groups is 2. The molecule has 6 aromatic rings. The van der Waals surface area contributed by atoms with Gasteiger partial charge in [-0.25, -0.2) is 18.4 Å². The number of aryl methyl sites for hydroxylation is 2. The van der Waals surface area contributed by atoms with Gasteiger partial charge < -0.3 is 29.1 Å². The summed E-state index contributed by atoms with van der Waals surface area (Å²) in [6.07, 6.45) is -2.94. The van der Waals surface area contributed by atoms with Crippen molar-refractivity contribution < 1.29 is 50.4 Å². The normalized spacial score (nSPS) is 17.1. The number of alkyl halides is 3. The Hall–Kier alpha value is -5.74. The van der Waals surface area contributed by atoms with Gasteiger partial charge >= 0.3 is 18.2 Å². The minimum absolute atomic E-state index is 0. The van der Waals surface area contributed by atoms with Crippen LogP contribution in [0.25, 0.3) is 33.7 Å². The van der Waals surface area contributed by atoms with E-state index in [1.165, 1.54) is 31.4 Å². The van der Waals surface area contributed by atoms with Gasteiger partial charge in [0.2, 0.25) is 11.8 Å². The number of carbonyl (C=O) groups excluding carboxylic acids is 1. The summed E-state index contributed by atoms with van der Waals surface area (Å²) < 4.78 is 77.8.